The lowest BCUT2D eigenvalue weighted by molar-refractivity contribution is -0.182. The lowest BCUT2D eigenvalue weighted by Gasteiger charge is -2.41. The smallest absolute Gasteiger partial charge is 0.305 e. The Kier molecular flexibility index (Phi) is 4.39. The van der Waals surface area contributed by atoms with Gasteiger partial charge in [-0.2, -0.15) is 0 Å². The number of carbonyl (C=O) groups excluding carboxylic acids is 1. The summed E-state index contributed by atoms with van der Waals surface area (Å²) in [6.07, 6.45) is 2.54. The third kappa shape index (κ3) is 2.71. The van der Waals surface area contributed by atoms with E-state index < -0.39 is 0 Å². The van der Waals surface area contributed by atoms with Gasteiger partial charge in [-0.3, -0.25) is 4.79 Å². The van der Waals surface area contributed by atoms with Gasteiger partial charge >= 0.3 is 5.97 Å². The van der Waals surface area contributed by atoms with E-state index in [2.05, 4.69) is 13.8 Å². The monoisotopic (exact) mass is 200 g/mol. The number of rotatable bonds is 5. The number of carbonyl (C=O) groups is 1. The molecule has 0 radical (unpaired) electrons. The summed E-state index contributed by atoms with van der Waals surface area (Å²) in [7, 11) is 0. The average molecular weight is 200 g/mol. The van der Waals surface area contributed by atoms with Crippen LogP contribution in [0, 0.1) is 5.92 Å². The van der Waals surface area contributed by atoms with E-state index in [1.165, 1.54) is 0 Å². The average Bonchev–Trinajstić information content (AvgIpc) is 2.17. The topological polar surface area (TPSA) is 35.5 Å². The summed E-state index contributed by atoms with van der Waals surface area (Å²) in [6, 6.07) is 0. The van der Waals surface area contributed by atoms with Crippen LogP contribution >= 0.6 is 0 Å². The van der Waals surface area contributed by atoms with E-state index >= 15 is 0 Å². The normalized spacial score (nSPS) is 30.9. The van der Waals surface area contributed by atoms with Crippen LogP contribution in [-0.4, -0.2) is 24.8 Å². The van der Waals surface area contributed by atoms with Gasteiger partial charge in [0, 0.05) is 13.0 Å². The van der Waals surface area contributed by atoms with Gasteiger partial charge < -0.3 is 9.47 Å². The molecule has 0 N–H and O–H groups in total. The fourth-order valence-corrected chi connectivity index (χ4v) is 1.70. The molecule has 1 fully saturated rings. The first-order valence-electron chi connectivity index (χ1n) is 5.50. The van der Waals surface area contributed by atoms with Crippen LogP contribution in [-0.2, 0) is 14.3 Å². The zero-order valence-corrected chi connectivity index (χ0v) is 9.29. The fraction of sp³-hybridized carbons (Fsp3) is 0.909. The SMILES string of the molecule is CCCOC1C(C)CC1OC(=O)CC. The Bertz CT molecular complexity index is 191. The van der Waals surface area contributed by atoms with Crippen LogP contribution in [0.15, 0.2) is 0 Å². The van der Waals surface area contributed by atoms with Crippen molar-refractivity contribution in [1.29, 1.82) is 0 Å². The highest BCUT2D eigenvalue weighted by molar-refractivity contribution is 5.69. The minimum Gasteiger partial charge on any atom is -0.460 e. The molecule has 0 spiro atoms. The van der Waals surface area contributed by atoms with Crippen molar-refractivity contribution in [2.24, 2.45) is 5.92 Å². The van der Waals surface area contributed by atoms with Crippen molar-refractivity contribution >= 4 is 5.97 Å². The lowest BCUT2D eigenvalue weighted by atomic mass is 9.80. The van der Waals surface area contributed by atoms with Gasteiger partial charge in [0.25, 0.3) is 0 Å². The summed E-state index contributed by atoms with van der Waals surface area (Å²) in [5.74, 6) is 0.406. The maximum Gasteiger partial charge on any atom is 0.305 e. The van der Waals surface area contributed by atoms with E-state index in [9.17, 15) is 4.79 Å². The second-order valence-corrected chi connectivity index (χ2v) is 3.93. The number of esters is 1. The summed E-state index contributed by atoms with van der Waals surface area (Å²) in [5, 5.41) is 0. The molecule has 3 heteroatoms. The van der Waals surface area contributed by atoms with E-state index in [-0.39, 0.29) is 18.2 Å². The van der Waals surface area contributed by atoms with E-state index in [0.29, 0.717) is 12.3 Å². The van der Waals surface area contributed by atoms with E-state index in [0.717, 1.165) is 19.4 Å². The zero-order valence-electron chi connectivity index (χ0n) is 9.29. The highest BCUT2D eigenvalue weighted by Crippen LogP contribution is 2.33. The molecule has 1 saturated carbocycles. The largest absolute Gasteiger partial charge is 0.460 e. The summed E-state index contributed by atoms with van der Waals surface area (Å²) >= 11 is 0. The molecule has 0 aliphatic heterocycles. The van der Waals surface area contributed by atoms with Gasteiger partial charge in [0.1, 0.15) is 6.10 Å². The molecule has 1 aliphatic rings. The van der Waals surface area contributed by atoms with Gasteiger partial charge in [-0.05, 0) is 18.8 Å². The summed E-state index contributed by atoms with van der Waals surface area (Å²) in [5.41, 5.74) is 0. The molecule has 82 valence electrons. The van der Waals surface area contributed by atoms with Crippen molar-refractivity contribution in [3.05, 3.63) is 0 Å². The third-order valence-corrected chi connectivity index (χ3v) is 2.62. The van der Waals surface area contributed by atoms with Crippen LogP contribution in [0.4, 0.5) is 0 Å². The Morgan fingerprint density at radius 1 is 1.43 bits per heavy atom. The number of ether oxygens (including phenoxy) is 2. The predicted octanol–water partition coefficient (Wildman–Crippen LogP) is 2.14. The molecule has 0 amide bonds. The van der Waals surface area contributed by atoms with Crippen LogP contribution in [0.25, 0.3) is 0 Å². The third-order valence-electron chi connectivity index (χ3n) is 2.62. The first-order valence-corrected chi connectivity index (χ1v) is 5.50. The van der Waals surface area contributed by atoms with Crippen molar-refractivity contribution < 1.29 is 14.3 Å². The lowest BCUT2D eigenvalue weighted by Crippen LogP contribution is -2.49. The Balaban J connectivity index is 2.29. The van der Waals surface area contributed by atoms with Crippen molar-refractivity contribution in [3.8, 4) is 0 Å². The van der Waals surface area contributed by atoms with Crippen LogP contribution in [0.3, 0.4) is 0 Å². The molecule has 3 atom stereocenters. The van der Waals surface area contributed by atoms with Crippen LogP contribution in [0.5, 0.6) is 0 Å². The highest BCUT2D eigenvalue weighted by Gasteiger charge is 2.41. The highest BCUT2D eigenvalue weighted by atomic mass is 16.6. The van der Waals surface area contributed by atoms with Crippen LogP contribution in [0.1, 0.15) is 40.0 Å². The van der Waals surface area contributed by atoms with Gasteiger partial charge in [0.15, 0.2) is 0 Å². The molecule has 0 aromatic rings. The first-order chi connectivity index (χ1) is 6.69. The fourth-order valence-electron chi connectivity index (χ4n) is 1.70. The molecular formula is C11H20O3. The van der Waals surface area contributed by atoms with E-state index in [4.69, 9.17) is 9.47 Å². The minimum atomic E-state index is -0.119. The number of hydrogen-bond donors (Lipinski definition) is 0. The predicted molar refractivity (Wildman–Crippen MR) is 54.0 cm³/mol. The van der Waals surface area contributed by atoms with Crippen LogP contribution in [0.2, 0.25) is 0 Å². The van der Waals surface area contributed by atoms with Gasteiger partial charge in [-0.25, -0.2) is 0 Å². The number of hydrogen-bond acceptors (Lipinski definition) is 3. The van der Waals surface area contributed by atoms with Gasteiger partial charge in [0.2, 0.25) is 0 Å². The quantitative estimate of drug-likeness (QED) is 0.638. The van der Waals surface area contributed by atoms with Crippen molar-refractivity contribution in [2.45, 2.75) is 52.2 Å². The van der Waals surface area contributed by atoms with Gasteiger partial charge in [0.05, 0.1) is 6.10 Å². The molecule has 0 aromatic carbocycles. The minimum absolute atomic E-state index is 0.00370. The summed E-state index contributed by atoms with van der Waals surface area (Å²) in [4.78, 5) is 11.1. The molecule has 0 heterocycles. The van der Waals surface area contributed by atoms with Crippen molar-refractivity contribution in [1.82, 2.24) is 0 Å². The Morgan fingerprint density at radius 2 is 2.14 bits per heavy atom. The molecule has 3 unspecified atom stereocenters. The molecule has 14 heavy (non-hydrogen) atoms. The van der Waals surface area contributed by atoms with Gasteiger partial charge in [-0.15, -0.1) is 0 Å². The van der Waals surface area contributed by atoms with E-state index in [1.54, 1.807) is 0 Å². The maximum absolute atomic E-state index is 11.1. The van der Waals surface area contributed by atoms with Crippen molar-refractivity contribution in [2.75, 3.05) is 6.61 Å². The Labute approximate surface area is 85.8 Å². The Hall–Kier alpha value is -0.570. The van der Waals surface area contributed by atoms with Crippen LogP contribution < -0.4 is 0 Å². The molecule has 1 rings (SSSR count). The molecule has 1 aliphatic carbocycles. The zero-order chi connectivity index (χ0) is 10.6. The second kappa shape index (κ2) is 5.35. The van der Waals surface area contributed by atoms with E-state index in [1.807, 2.05) is 6.92 Å². The first kappa shape index (κ1) is 11.5. The summed E-state index contributed by atoms with van der Waals surface area (Å²) in [6.45, 7) is 6.79. The molecule has 0 saturated heterocycles. The molecule has 0 bridgehead atoms. The summed E-state index contributed by atoms with van der Waals surface area (Å²) < 4.78 is 10.9. The maximum atomic E-state index is 11.1. The molecule has 0 aromatic heterocycles. The Morgan fingerprint density at radius 3 is 2.64 bits per heavy atom. The molecule has 3 nitrogen and oxygen atoms in total. The molecular weight excluding hydrogens is 180 g/mol. The second-order valence-electron chi connectivity index (χ2n) is 3.93. The van der Waals surface area contributed by atoms with Crippen molar-refractivity contribution in [3.63, 3.8) is 0 Å². The van der Waals surface area contributed by atoms with Gasteiger partial charge in [-0.1, -0.05) is 20.8 Å². The standard InChI is InChI=1S/C11H20O3/c1-4-6-13-11-8(3)7-9(11)14-10(12)5-2/h8-9,11H,4-7H2,1-3H3.